The van der Waals surface area contributed by atoms with Crippen molar-refractivity contribution >= 4 is 5.91 Å². The number of hydrogen-bond acceptors (Lipinski definition) is 3. The zero-order valence-corrected chi connectivity index (χ0v) is 17.3. The molecule has 2 aromatic heterocycles. The van der Waals surface area contributed by atoms with Crippen molar-refractivity contribution in [3.05, 3.63) is 83.1 Å². The Bertz CT molecular complexity index is 911. The molecular weight excluding hydrogens is 350 g/mol. The van der Waals surface area contributed by atoms with Crippen molar-refractivity contribution in [1.82, 2.24) is 14.8 Å². The lowest BCUT2D eigenvalue weighted by Crippen LogP contribution is -2.34. The van der Waals surface area contributed by atoms with Crippen molar-refractivity contribution in [2.75, 3.05) is 20.6 Å². The Morgan fingerprint density at radius 3 is 2.46 bits per heavy atom. The number of likely N-dealkylation sites (N-methyl/N-ethyl adjacent to an activating group) is 1. The zero-order valence-electron chi connectivity index (χ0n) is 17.3. The van der Waals surface area contributed by atoms with Crippen molar-refractivity contribution in [3.8, 4) is 0 Å². The Kier molecular flexibility index (Phi) is 6.05. The van der Waals surface area contributed by atoms with Crippen molar-refractivity contribution in [2.45, 2.75) is 32.9 Å². The smallest absolute Gasteiger partial charge is 0.253 e. The monoisotopic (exact) mass is 379 g/mol. The maximum Gasteiger partial charge on any atom is 0.253 e. The highest BCUT2D eigenvalue weighted by Crippen LogP contribution is 2.26. The molecule has 1 N–H and O–H groups in total. The lowest BCUT2D eigenvalue weighted by Gasteiger charge is -2.22. The molecular formula is C23H29N3O2. The highest BCUT2D eigenvalue weighted by Gasteiger charge is 2.22. The van der Waals surface area contributed by atoms with E-state index >= 15 is 0 Å². The third-order valence-electron chi connectivity index (χ3n) is 5.35. The summed E-state index contributed by atoms with van der Waals surface area (Å²) in [6.07, 6.45) is 1.66. The average molecular weight is 380 g/mol. The number of amides is 1. The van der Waals surface area contributed by atoms with E-state index < -0.39 is 0 Å². The minimum absolute atomic E-state index is 0.00863. The van der Waals surface area contributed by atoms with Crippen LogP contribution < -0.4 is 5.32 Å². The molecule has 1 amide bonds. The van der Waals surface area contributed by atoms with Crippen LogP contribution in [0.3, 0.4) is 0 Å². The first-order valence-corrected chi connectivity index (χ1v) is 9.61. The molecule has 3 aromatic rings. The number of aromatic nitrogens is 1. The molecule has 28 heavy (non-hydrogen) atoms. The van der Waals surface area contributed by atoms with Crippen molar-refractivity contribution < 1.29 is 9.21 Å². The molecule has 5 nitrogen and oxygen atoms in total. The first-order chi connectivity index (χ1) is 13.4. The molecule has 2 atom stereocenters. The molecule has 0 spiro atoms. The third kappa shape index (κ3) is 4.04. The van der Waals surface area contributed by atoms with Crippen LogP contribution in [-0.2, 0) is 0 Å². The fraction of sp³-hybridized carbons (Fsp3) is 0.348. The number of benzene rings is 1. The lowest BCUT2D eigenvalue weighted by atomic mass is 10.1. The summed E-state index contributed by atoms with van der Waals surface area (Å²) >= 11 is 0. The minimum Gasteiger partial charge on any atom is -0.468 e. The highest BCUT2D eigenvalue weighted by molar-refractivity contribution is 5.95. The van der Waals surface area contributed by atoms with Gasteiger partial charge in [-0.05, 0) is 58.6 Å². The van der Waals surface area contributed by atoms with Gasteiger partial charge in [0.05, 0.1) is 23.9 Å². The minimum atomic E-state index is -0.0574. The third-order valence-corrected chi connectivity index (χ3v) is 5.35. The van der Waals surface area contributed by atoms with Crippen molar-refractivity contribution in [3.63, 3.8) is 0 Å². The summed E-state index contributed by atoms with van der Waals surface area (Å²) in [7, 11) is 3.96. The Morgan fingerprint density at radius 2 is 1.86 bits per heavy atom. The van der Waals surface area contributed by atoms with Crippen LogP contribution in [0, 0.1) is 13.8 Å². The average Bonchev–Trinajstić information content (AvgIpc) is 3.30. The summed E-state index contributed by atoms with van der Waals surface area (Å²) in [6, 6.07) is 16.3. The molecule has 0 radical (unpaired) electrons. The predicted octanol–water partition coefficient (Wildman–Crippen LogP) is 4.34. The van der Waals surface area contributed by atoms with E-state index in [1.54, 1.807) is 6.26 Å². The molecule has 0 aliphatic heterocycles. The van der Waals surface area contributed by atoms with E-state index in [1.165, 1.54) is 5.56 Å². The summed E-state index contributed by atoms with van der Waals surface area (Å²) in [5.41, 5.74) is 4.00. The topological polar surface area (TPSA) is 50.4 Å². The van der Waals surface area contributed by atoms with Gasteiger partial charge in [-0.15, -0.1) is 0 Å². The van der Waals surface area contributed by atoms with Crippen LogP contribution in [0.5, 0.6) is 0 Å². The summed E-state index contributed by atoms with van der Waals surface area (Å²) < 4.78 is 7.75. The number of aryl methyl sites for hydroxylation is 1. The lowest BCUT2D eigenvalue weighted by molar-refractivity contribution is 0.0938. The molecule has 3 rings (SSSR count). The first-order valence-electron chi connectivity index (χ1n) is 9.61. The van der Waals surface area contributed by atoms with Crippen LogP contribution in [-0.4, -0.2) is 36.0 Å². The number of carbonyl (C=O) groups is 1. The second kappa shape index (κ2) is 8.48. The van der Waals surface area contributed by atoms with E-state index in [2.05, 4.69) is 35.9 Å². The van der Waals surface area contributed by atoms with Gasteiger partial charge in [0, 0.05) is 17.9 Å². The quantitative estimate of drug-likeness (QED) is 0.664. The molecule has 1 aromatic carbocycles. The van der Waals surface area contributed by atoms with Crippen LogP contribution in [0.4, 0.5) is 0 Å². The van der Waals surface area contributed by atoms with Gasteiger partial charge < -0.3 is 14.3 Å². The van der Waals surface area contributed by atoms with E-state index in [4.69, 9.17) is 4.42 Å². The van der Waals surface area contributed by atoms with E-state index in [9.17, 15) is 4.79 Å². The molecule has 0 saturated heterocycles. The summed E-state index contributed by atoms with van der Waals surface area (Å²) in [5.74, 6) is 0.784. The standard InChI is InChI=1S/C23H29N3O2/c1-16-14-20(18(3)26(16)17(2)19-10-7-6-8-11-19)23(27)24-15-21(25(4)5)22-12-9-13-28-22/h6-14,17,21H,15H2,1-5H3,(H,24,27). The second-order valence-corrected chi connectivity index (χ2v) is 7.45. The molecule has 0 fully saturated rings. The van der Waals surface area contributed by atoms with Gasteiger partial charge >= 0.3 is 0 Å². The van der Waals surface area contributed by atoms with E-state index in [-0.39, 0.29) is 18.0 Å². The highest BCUT2D eigenvalue weighted by atomic mass is 16.3. The number of furan rings is 1. The predicted molar refractivity (Wildman–Crippen MR) is 112 cm³/mol. The maximum absolute atomic E-state index is 12.9. The summed E-state index contributed by atoms with van der Waals surface area (Å²) in [6.45, 7) is 6.71. The SMILES string of the molecule is Cc1cc(C(=O)NCC(c2ccco2)N(C)C)c(C)n1C(C)c1ccccc1. The van der Waals surface area contributed by atoms with Gasteiger partial charge in [0.1, 0.15) is 5.76 Å². The van der Waals surface area contributed by atoms with Crippen LogP contribution in [0.2, 0.25) is 0 Å². The normalized spacial score (nSPS) is 13.5. The van der Waals surface area contributed by atoms with Gasteiger partial charge in [0.2, 0.25) is 0 Å². The fourth-order valence-corrected chi connectivity index (χ4v) is 3.79. The van der Waals surface area contributed by atoms with Crippen molar-refractivity contribution in [2.24, 2.45) is 0 Å². The number of rotatable bonds is 7. The molecule has 2 heterocycles. The Labute approximate surface area is 167 Å². The van der Waals surface area contributed by atoms with E-state index in [1.807, 2.05) is 62.3 Å². The largest absolute Gasteiger partial charge is 0.468 e. The Balaban J connectivity index is 1.78. The van der Waals surface area contributed by atoms with Gasteiger partial charge in [-0.1, -0.05) is 30.3 Å². The number of hydrogen-bond donors (Lipinski definition) is 1. The van der Waals surface area contributed by atoms with Gasteiger partial charge in [0.25, 0.3) is 5.91 Å². The molecule has 0 bridgehead atoms. The Hall–Kier alpha value is -2.79. The van der Waals surface area contributed by atoms with Gasteiger partial charge in [-0.2, -0.15) is 0 Å². The molecule has 0 aliphatic carbocycles. The van der Waals surface area contributed by atoms with Crippen LogP contribution in [0.25, 0.3) is 0 Å². The number of carbonyl (C=O) groups excluding carboxylic acids is 1. The zero-order chi connectivity index (χ0) is 20.3. The van der Waals surface area contributed by atoms with Crippen LogP contribution in [0.1, 0.15) is 52.1 Å². The van der Waals surface area contributed by atoms with Gasteiger partial charge in [-0.25, -0.2) is 0 Å². The molecule has 148 valence electrons. The van der Waals surface area contributed by atoms with Crippen LogP contribution >= 0.6 is 0 Å². The molecule has 2 unspecified atom stereocenters. The van der Waals surface area contributed by atoms with E-state index in [0.29, 0.717) is 6.54 Å². The van der Waals surface area contributed by atoms with Crippen molar-refractivity contribution in [1.29, 1.82) is 0 Å². The van der Waals surface area contributed by atoms with Gasteiger partial charge in [-0.3, -0.25) is 9.69 Å². The molecule has 0 saturated carbocycles. The maximum atomic E-state index is 12.9. The Morgan fingerprint density at radius 1 is 1.14 bits per heavy atom. The summed E-state index contributed by atoms with van der Waals surface area (Å²) in [4.78, 5) is 15.0. The van der Waals surface area contributed by atoms with Gasteiger partial charge in [0.15, 0.2) is 0 Å². The summed E-state index contributed by atoms with van der Waals surface area (Å²) in [5, 5.41) is 3.07. The fourth-order valence-electron chi connectivity index (χ4n) is 3.79. The first kappa shape index (κ1) is 20.0. The van der Waals surface area contributed by atoms with E-state index in [0.717, 1.165) is 22.7 Å². The number of nitrogens with zero attached hydrogens (tertiary/aromatic N) is 2. The molecule has 0 aliphatic rings. The molecule has 5 heteroatoms. The second-order valence-electron chi connectivity index (χ2n) is 7.45. The van der Waals surface area contributed by atoms with Crippen LogP contribution in [0.15, 0.2) is 59.2 Å². The number of nitrogens with one attached hydrogen (secondary N) is 1.